The highest BCUT2D eigenvalue weighted by Crippen LogP contribution is 2.35. The Kier molecular flexibility index (Phi) is 3.49. The lowest BCUT2D eigenvalue weighted by atomic mass is 9.80. The zero-order valence-electron chi connectivity index (χ0n) is 8.42. The topological polar surface area (TPSA) is 38.9 Å². The van der Waals surface area contributed by atoms with Crippen LogP contribution < -0.4 is 5.73 Å². The number of nitrogens with zero attached hydrogens (tertiary/aromatic N) is 1. The van der Waals surface area contributed by atoms with Crippen molar-refractivity contribution in [3.63, 3.8) is 0 Å². The van der Waals surface area contributed by atoms with Crippen LogP contribution in [-0.4, -0.2) is 4.98 Å². The van der Waals surface area contributed by atoms with Crippen molar-refractivity contribution in [3.05, 3.63) is 28.0 Å². The first kappa shape index (κ1) is 11.2. The molecule has 2 nitrogen and oxygen atoms in total. The third-order valence-electron chi connectivity index (χ3n) is 3.00. The number of aromatic nitrogens is 1. The maximum Gasteiger partial charge on any atom is 0.0758 e. The summed E-state index contributed by atoms with van der Waals surface area (Å²) >= 11 is 11.8. The van der Waals surface area contributed by atoms with E-state index in [1.807, 2.05) is 0 Å². The lowest BCUT2D eigenvalue weighted by Crippen LogP contribution is -2.21. The van der Waals surface area contributed by atoms with Crippen molar-refractivity contribution in [1.82, 2.24) is 4.98 Å². The van der Waals surface area contributed by atoms with Gasteiger partial charge in [-0.15, -0.1) is 0 Å². The van der Waals surface area contributed by atoms with Crippen LogP contribution in [0, 0.1) is 5.92 Å². The summed E-state index contributed by atoms with van der Waals surface area (Å²) in [6.07, 6.45) is 6.49. The minimum atomic E-state index is -0.0555. The summed E-state index contributed by atoms with van der Waals surface area (Å²) in [6.45, 7) is 0. The van der Waals surface area contributed by atoms with Crippen molar-refractivity contribution >= 4 is 23.2 Å². The molecule has 2 rings (SSSR count). The predicted molar refractivity (Wildman–Crippen MR) is 63.1 cm³/mol. The largest absolute Gasteiger partial charge is 0.323 e. The molecule has 0 spiro atoms. The second-order valence-electron chi connectivity index (χ2n) is 4.16. The van der Waals surface area contributed by atoms with Gasteiger partial charge < -0.3 is 5.73 Å². The van der Waals surface area contributed by atoms with Crippen LogP contribution in [0.1, 0.15) is 37.4 Å². The van der Waals surface area contributed by atoms with Crippen LogP contribution >= 0.6 is 23.2 Å². The molecule has 2 N–H and O–H groups in total. The van der Waals surface area contributed by atoms with Crippen LogP contribution in [0.4, 0.5) is 0 Å². The molecule has 1 heterocycles. The first-order valence-electron chi connectivity index (χ1n) is 5.23. The number of hydrogen-bond acceptors (Lipinski definition) is 2. The number of halogens is 2. The second kappa shape index (κ2) is 4.69. The summed E-state index contributed by atoms with van der Waals surface area (Å²) in [5.41, 5.74) is 6.84. The monoisotopic (exact) mass is 244 g/mol. The zero-order chi connectivity index (χ0) is 10.8. The van der Waals surface area contributed by atoms with Crippen LogP contribution in [0.5, 0.6) is 0 Å². The van der Waals surface area contributed by atoms with Crippen LogP contribution in [0.2, 0.25) is 10.0 Å². The van der Waals surface area contributed by atoms with E-state index in [1.165, 1.54) is 19.3 Å². The zero-order valence-corrected chi connectivity index (χ0v) is 9.93. The highest BCUT2D eigenvalue weighted by Gasteiger charge is 2.22. The highest BCUT2D eigenvalue weighted by atomic mass is 35.5. The van der Waals surface area contributed by atoms with Gasteiger partial charge in [-0.3, -0.25) is 4.98 Å². The van der Waals surface area contributed by atoms with E-state index in [0.717, 1.165) is 18.0 Å². The van der Waals surface area contributed by atoms with E-state index in [9.17, 15) is 0 Å². The van der Waals surface area contributed by atoms with E-state index in [4.69, 9.17) is 28.9 Å². The van der Waals surface area contributed by atoms with Crippen LogP contribution in [0.3, 0.4) is 0 Å². The fourth-order valence-corrected chi connectivity index (χ4v) is 2.42. The summed E-state index contributed by atoms with van der Waals surface area (Å²) in [6, 6.07) is 1.64. The molecule has 1 unspecified atom stereocenters. The molecule has 0 aliphatic heterocycles. The first-order valence-corrected chi connectivity index (χ1v) is 5.99. The Morgan fingerprint density at radius 2 is 2.20 bits per heavy atom. The van der Waals surface area contributed by atoms with Crippen molar-refractivity contribution in [2.24, 2.45) is 11.7 Å². The molecule has 1 aliphatic rings. The van der Waals surface area contributed by atoms with E-state index >= 15 is 0 Å². The minimum absolute atomic E-state index is 0.0555. The summed E-state index contributed by atoms with van der Waals surface area (Å²) in [5, 5.41) is 1.13. The SMILES string of the molecule is NC(CC1CCC1)c1ncc(Cl)cc1Cl. The van der Waals surface area contributed by atoms with E-state index in [2.05, 4.69) is 4.98 Å². The number of rotatable bonds is 3. The maximum absolute atomic E-state index is 6.07. The molecular weight excluding hydrogens is 231 g/mol. The van der Waals surface area contributed by atoms with Crippen molar-refractivity contribution in [2.45, 2.75) is 31.7 Å². The third-order valence-corrected chi connectivity index (χ3v) is 3.51. The Balaban J connectivity index is 2.06. The molecular formula is C11H14Cl2N2. The highest BCUT2D eigenvalue weighted by molar-refractivity contribution is 6.34. The van der Waals surface area contributed by atoms with Gasteiger partial charge in [-0.1, -0.05) is 42.5 Å². The summed E-state index contributed by atoms with van der Waals surface area (Å²) < 4.78 is 0. The number of hydrogen-bond donors (Lipinski definition) is 1. The Morgan fingerprint density at radius 3 is 2.73 bits per heavy atom. The van der Waals surface area contributed by atoms with Crippen molar-refractivity contribution in [3.8, 4) is 0 Å². The van der Waals surface area contributed by atoms with Gasteiger partial charge in [-0.2, -0.15) is 0 Å². The average Bonchev–Trinajstić information content (AvgIpc) is 2.11. The quantitative estimate of drug-likeness (QED) is 0.883. The molecule has 1 aliphatic carbocycles. The molecule has 4 heteroatoms. The van der Waals surface area contributed by atoms with Gasteiger partial charge in [0.2, 0.25) is 0 Å². The van der Waals surface area contributed by atoms with Gasteiger partial charge in [-0.25, -0.2) is 0 Å². The number of pyridine rings is 1. The van der Waals surface area contributed by atoms with E-state index in [1.54, 1.807) is 12.3 Å². The Morgan fingerprint density at radius 1 is 1.47 bits per heavy atom. The molecule has 82 valence electrons. The summed E-state index contributed by atoms with van der Waals surface area (Å²) in [7, 11) is 0. The Hall–Kier alpha value is -0.310. The molecule has 1 saturated carbocycles. The fourth-order valence-electron chi connectivity index (χ4n) is 1.90. The Labute approximate surface area is 99.8 Å². The van der Waals surface area contributed by atoms with Gasteiger partial charge in [-0.05, 0) is 18.4 Å². The Bertz CT molecular complexity index is 350. The van der Waals surface area contributed by atoms with E-state index in [-0.39, 0.29) is 6.04 Å². The van der Waals surface area contributed by atoms with E-state index < -0.39 is 0 Å². The maximum atomic E-state index is 6.07. The van der Waals surface area contributed by atoms with Gasteiger partial charge >= 0.3 is 0 Å². The predicted octanol–water partition coefficient (Wildman–Crippen LogP) is 3.58. The van der Waals surface area contributed by atoms with Gasteiger partial charge in [0.1, 0.15) is 0 Å². The summed E-state index contributed by atoms with van der Waals surface area (Å²) in [5.74, 6) is 0.758. The lowest BCUT2D eigenvalue weighted by molar-refractivity contribution is 0.276. The normalized spacial score (nSPS) is 18.6. The summed E-state index contributed by atoms with van der Waals surface area (Å²) in [4.78, 5) is 4.20. The average molecular weight is 245 g/mol. The van der Waals surface area contributed by atoms with Crippen molar-refractivity contribution in [2.75, 3.05) is 0 Å². The minimum Gasteiger partial charge on any atom is -0.323 e. The molecule has 1 atom stereocenters. The van der Waals surface area contributed by atoms with Crippen LogP contribution in [0.25, 0.3) is 0 Å². The van der Waals surface area contributed by atoms with Gasteiger partial charge in [0.15, 0.2) is 0 Å². The second-order valence-corrected chi connectivity index (χ2v) is 5.00. The molecule has 0 saturated heterocycles. The molecule has 0 bridgehead atoms. The van der Waals surface area contributed by atoms with Crippen molar-refractivity contribution < 1.29 is 0 Å². The van der Waals surface area contributed by atoms with Crippen LogP contribution in [-0.2, 0) is 0 Å². The standard InChI is InChI=1S/C11H14Cl2N2/c12-8-5-9(13)11(15-6-8)10(14)4-7-2-1-3-7/h5-7,10H,1-4,14H2. The first-order chi connectivity index (χ1) is 7.16. The molecule has 1 fully saturated rings. The van der Waals surface area contributed by atoms with Gasteiger partial charge in [0.05, 0.1) is 15.7 Å². The lowest BCUT2D eigenvalue weighted by Gasteiger charge is -2.28. The fraction of sp³-hybridized carbons (Fsp3) is 0.545. The third kappa shape index (κ3) is 2.63. The molecule has 0 radical (unpaired) electrons. The molecule has 1 aromatic rings. The van der Waals surface area contributed by atoms with Crippen LogP contribution in [0.15, 0.2) is 12.3 Å². The molecule has 0 amide bonds. The smallest absolute Gasteiger partial charge is 0.0758 e. The van der Waals surface area contributed by atoms with Gasteiger partial charge in [0, 0.05) is 12.2 Å². The molecule has 0 aromatic carbocycles. The van der Waals surface area contributed by atoms with Crippen molar-refractivity contribution in [1.29, 1.82) is 0 Å². The number of nitrogens with two attached hydrogens (primary N) is 1. The van der Waals surface area contributed by atoms with Gasteiger partial charge in [0.25, 0.3) is 0 Å². The molecule has 1 aromatic heterocycles. The molecule has 15 heavy (non-hydrogen) atoms. The van der Waals surface area contributed by atoms with E-state index in [0.29, 0.717) is 10.0 Å².